The maximum Gasteiger partial charge on any atom is 0.293 e. The molecule has 88 valence electrons. The van der Waals surface area contributed by atoms with E-state index < -0.39 is 5.92 Å². The van der Waals surface area contributed by atoms with Crippen molar-refractivity contribution < 1.29 is 19.1 Å². The quantitative estimate of drug-likeness (QED) is 0.468. The molecule has 0 spiro atoms. The molecule has 6 nitrogen and oxygen atoms in total. The van der Waals surface area contributed by atoms with Gasteiger partial charge in [0.2, 0.25) is 5.91 Å². The minimum Gasteiger partial charge on any atom is -0.468 e. The lowest BCUT2D eigenvalue weighted by Crippen LogP contribution is -2.43. The van der Waals surface area contributed by atoms with Gasteiger partial charge in [-0.3, -0.25) is 9.59 Å². The van der Waals surface area contributed by atoms with Crippen LogP contribution in [0.2, 0.25) is 0 Å². The number of carbonyl (C=O) groups excluding carboxylic acids is 2. The summed E-state index contributed by atoms with van der Waals surface area (Å²) in [5.41, 5.74) is 0. The van der Waals surface area contributed by atoms with Crippen LogP contribution in [0, 0.1) is 17.2 Å². The number of morpholine rings is 1. The molecule has 1 aliphatic rings. The molecule has 1 rings (SSSR count). The molecule has 1 aliphatic heterocycles. The molecule has 0 aromatic carbocycles. The normalized spacial score (nSPS) is 17.3. The van der Waals surface area contributed by atoms with E-state index >= 15 is 0 Å². The van der Waals surface area contributed by atoms with Gasteiger partial charge in [-0.25, -0.2) is 0 Å². The van der Waals surface area contributed by atoms with Crippen LogP contribution in [0.25, 0.3) is 0 Å². The Morgan fingerprint density at radius 3 is 2.81 bits per heavy atom. The molecule has 1 amide bonds. The molecule has 0 saturated carbocycles. The van der Waals surface area contributed by atoms with Gasteiger partial charge in [0.05, 0.1) is 25.9 Å². The highest BCUT2D eigenvalue weighted by molar-refractivity contribution is 5.81. The average molecular weight is 226 g/mol. The van der Waals surface area contributed by atoms with Gasteiger partial charge in [0.25, 0.3) is 6.47 Å². The van der Waals surface area contributed by atoms with Gasteiger partial charge in [-0.15, -0.1) is 0 Å². The molecular formula is C10H14N2O4. The Labute approximate surface area is 93.7 Å². The first-order chi connectivity index (χ1) is 7.79. The fourth-order valence-corrected chi connectivity index (χ4v) is 1.48. The number of nitriles is 1. The Morgan fingerprint density at radius 2 is 2.25 bits per heavy atom. The Hall–Kier alpha value is -1.61. The van der Waals surface area contributed by atoms with Crippen molar-refractivity contribution in [2.24, 2.45) is 5.92 Å². The van der Waals surface area contributed by atoms with E-state index in [0.717, 1.165) is 0 Å². The van der Waals surface area contributed by atoms with Crippen molar-refractivity contribution in [3.8, 4) is 6.07 Å². The van der Waals surface area contributed by atoms with Crippen LogP contribution in [-0.2, 0) is 19.1 Å². The maximum atomic E-state index is 11.8. The molecule has 0 aliphatic carbocycles. The molecule has 1 atom stereocenters. The molecule has 0 N–H and O–H groups in total. The molecule has 0 aromatic rings. The van der Waals surface area contributed by atoms with E-state index in [0.29, 0.717) is 32.8 Å². The predicted octanol–water partition coefficient (Wildman–Crippen LogP) is -0.452. The van der Waals surface area contributed by atoms with E-state index in [1.165, 1.54) is 0 Å². The molecule has 1 unspecified atom stereocenters. The molecule has 16 heavy (non-hydrogen) atoms. The van der Waals surface area contributed by atoms with Gasteiger partial charge in [0, 0.05) is 19.5 Å². The summed E-state index contributed by atoms with van der Waals surface area (Å²) in [4.78, 5) is 23.4. The summed E-state index contributed by atoms with van der Waals surface area (Å²) in [5, 5.41) is 8.85. The second kappa shape index (κ2) is 6.80. The molecule has 6 heteroatoms. The summed E-state index contributed by atoms with van der Waals surface area (Å²) in [5.74, 6) is -0.946. The summed E-state index contributed by atoms with van der Waals surface area (Å²) in [6, 6.07) is 1.93. The average Bonchev–Trinajstić information content (AvgIpc) is 2.35. The largest absolute Gasteiger partial charge is 0.468 e. The van der Waals surface area contributed by atoms with Gasteiger partial charge in [0.15, 0.2) is 0 Å². The lowest BCUT2D eigenvalue weighted by molar-refractivity contribution is -0.139. The smallest absolute Gasteiger partial charge is 0.293 e. The molecule has 1 fully saturated rings. The zero-order valence-corrected chi connectivity index (χ0v) is 8.92. The van der Waals surface area contributed by atoms with Crippen molar-refractivity contribution in [2.75, 3.05) is 32.9 Å². The van der Waals surface area contributed by atoms with Crippen LogP contribution in [0.1, 0.15) is 6.42 Å². The first-order valence-corrected chi connectivity index (χ1v) is 5.11. The summed E-state index contributed by atoms with van der Waals surface area (Å²) >= 11 is 0. The SMILES string of the molecule is N#CC(CCOC=O)C(=O)N1CCOCC1. The van der Waals surface area contributed by atoms with Gasteiger partial charge in [-0.2, -0.15) is 5.26 Å². The zero-order chi connectivity index (χ0) is 11.8. The Morgan fingerprint density at radius 1 is 1.56 bits per heavy atom. The fraction of sp³-hybridized carbons (Fsp3) is 0.700. The number of ether oxygens (including phenoxy) is 2. The van der Waals surface area contributed by atoms with E-state index in [1.807, 2.05) is 6.07 Å². The Balaban J connectivity index is 2.41. The third-order valence-corrected chi connectivity index (χ3v) is 2.37. The minimum absolute atomic E-state index is 0.0950. The van der Waals surface area contributed by atoms with Crippen LogP contribution >= 0.6 is 0 Å². The first-order valence-electron chi connectivity index (χ1n) is 5.11. The van der Waals surface area contributed by atoms with Crippen LogP contribution in [0.4, 0.5) is 0 Å². The second-order valence-corrected chi connectivity index (χ2v) is 3.38. The van der Waals surface area contributed by atoms with Crippen LogP contribution in [0.15, 0.2) is 0 Å². The van der Waals surface area contributed by atoms with Gasteiger partial charge in [-0.1, -0.05) is 0 Å². The number of nitrogens with zero attached hydrogens (tertiary/aromatic N) is 2. The van der Waals surface area contributed by atoms with Crippen LogP contribution in [0.3, 0.4) is 0 Å². The molecule has 0 radical (unpaired) electrons. The van der Waals surface area contributed by atoms with Crippen molar-refractivity contribution in [1.29, 1.82) is 5.26 Å². The third-order valence-electron chi connectivity index (χ3n) is 2.37. The van der Waals surface area contributed by atoms with Gasteiger partial charge in [-0.05, 0) is 0 Å². The van der Waals surface area contributed by atoms with E-state index in [-0.39, 0.29) is 18.9 Å². The third kappa shape index (κ3) is 3.51. The molecule has 0 bridgehead atoms. The maximum absolute atomic E-state index is 11.8. The molecular weight excluding hydrogens is 212 g/mol. The second-order valence-electron chi connectivity index (χ2n) is 3.38. The monoisotopic (exact) mass is 226 g/mol. The summed E-state index contributed by atoms with van der Waals surface area (Å²) in [6.45, 7) is 2.46. The summed E-state index contributed by atoms with van der Waals surface area (Å²) in [7, 11) is 0. The standard InChI is InChI=1S/C10H14N2O4/c11-7-9(1-4-16-8-13)10(14)12-2-5-15-6-3-12/h8-9H,1-6H2. The predicted molar refractivity (Wildman–Crippen MR) is 53.1 cm³/mol. The van der Waals surface area contributed by atoms with Gasteiger partial charge >= 0.3 is 0 Å². The highest BCUT2D eigenvalue weighted by Crippen LogP contribution is 2.09. The molecule has 1 heterocycles. The van der Waals surface area contributed by atoms with Crippen molar-refractivity contribution in [3.63, 3.8) is 0 Å². The van der Waals surface area contributed by atoms with E-state index in [4.69, 9.17) is 10.00 Å². The van der Waals surface area contributed by atoms with Crippen molar-refractivity contribution in [1.82, 2.24) is 4.90 Å². The summed E-state index contributed by atoms with van der Waals surface area (Å²) in [6.07, 6.45) is 0.241. The van der Waals surface area contributed by atoms with Crippen LogP contribution in [-0.4, -0.2) is 50.2 Å². The van der Waals surface area contributed by atoms with Crippen molar-refractivity contribution in [3.05, 3.63) is 0 Å². The summed E-state index contributed by atoms with van der Waals surface area (Å²) < 4.78 is 9.59. The number of hydrogen-bond acceptors (Lipinski definition) is 5. The Kier molecular flexibility index (Phi) is 5.29. The van der Waals surface area contributed by atoms with Gasteiger partial charge < -0.3 is 14.4 Å². The van der Waals surface area contributed by atoms with E-state index in [1.54, 1.807) is 4.90 Å². The molecule has 0 aromatic heterocycles. The number of hydrogen-bond donors (Lipinski definition) is 0. The number of carbonyl (C=O) groups is 2. The molecule has 1 saturated heterocycles. The number of rotatable bonds is 5. The minimum atomic E-state index is -0.738. The van der Waals surface area contributed by atoms with Crippen molar-refractivity contribution in [2.45, 2.75) is 6.42 Å². The number of amides is 1. The topological polar surface area (TPSA) is 79.6 Å². The highest BCUT2D eigenvalue weighted by atomic mass is 16.5. The lowest BCUT2D eigenvalue weighted by atomic mass is 10.1. The lowest BCUT2D eigenvalue weighted by Gasteiger charge is -2.28. The fourth-order valence-electron chi connectivity index (χ4n) is 1.48. The van der Waals surface area contributed by atoms with E-state index in [9.17, 15) is 9.59 Å². The van der Waals surface area contributed by atoms with Crippen LogP contribution in [0.5, 0.6) is 0 Å². The zero-order valence-electron chi connectivity index (χ0n) is 8.92. The van der Waals surface area contributed by atoms with Crippen molar-refractivity contribution >= 4 is 12.4 Å². The van der Waals surface area contributed by atoms with Crippen LogP contribution < -0.4 is 0 Å². The highest BCUT2D eigenvalue weighted by Gasteiger charge is 2.25. The van der Waals surface area contributed by atoms with Gasteiger partial charge in [0.1, 0.15) is 5.92 Å². The van der Waals surface area contributed by atoms with E-state index in [2.05, 4.69) is 4.74 Å². The Bertz CT molecular complexity index is 281. The first kappa shape index (κ1) is 12.5.